The highest BCUT2D eigenvalue weighted by Crippen LogP contribution is 2.31. The molecule has 0 unspecified atom stereocenters. The minimum absolute atomic E-state index is 0.678. The molecule has 0 aliphatic carbocycles. The van der Waals surface area contributed by atoms with Crippen LogP contribution in [0.4, 0.5) is 5.69 Å². The Hall–Kier alpha value is -2.60. The molecule has 0 atom stereocenters. The SMILES string of the molecule is C/C=C(\c1cc(C#N)c(C)cc1C)c1cncc(N)c1C. The van der Waals surface area contributed by atoms with E-state index in [0.717, 1.165) is 33.4 Å². The highest BCUT2D eigenvalue weighted by atomic mass is 14.7. The molecule has 0 bridgehead atoms. The molecule has 2 rings (SSSR count). The summed E-state index contributed by atoms with van der Waals surface area (Å²) in [5.41, 5.74) is 13.6. The van der Waals surface area contributed by atoms with Gasteiger partial charge in [-0.15, -0.1) is 0 Å². The summed E-state index contributed by atoms with van der Waals surface area (Å²) in [5, 5.41) is 9.26. The minimum atomic E-state index is 0.678. The van der Waals surface area contributed by atoms with Crippen LogP contribution in [-0.2, 0) is 0 Å². The molecular weight excluding hydrogens is 258 g/mol. The second-order valence-corrected chi connectivity index (χ2v) is 5.20. The molecule has 21 heavy (non-hydrogen) atoms. The Morgan fingerprint density at radius 2 is 1.86 bits per heavy atom. The monoisotopic (exact) mass is 277 g/mol. The van der Waals surface area contributed by atoms with Gasteiger partial charge < -0.3 is 5.73 Å². The smallest absolute Gasteiger partial charge is 0.0994 e. The van der Waals surface area contributed by atoms with E-state index < -0.39 is 0 Å². The second kappa shape index (κ2) is 5.80. The molecule has 106 valence electrons. The van der Waals surface area contributed by atoms with Crippen molar-refractivity contribution in [2.45, 2.75) is 27.7 Å². The van der Waals surface area contributed by atoms with Crippen LogP contribution in [0.3, 0.4) is 0 Å². The fourth-order valence-electron chi connectivity index (χ4n) is 2.53. The largest absolute Gasteiger partial charge is 0.397 e. The maximum atomic E-state index is 9.26. The number of nitrogens with two attached hydrogens (primary N) is 1. The molecule has 0 amide bonds. The van der Waals surface area contributed by atoms with E-state index in [1.165, 1.54) is 0 Å². The van der Waals surface area contributed by atoms with E-state index in [1.54, 1.807) is 6.20 Å². The van der Waals surface area contributed by atoms with Crippen molar-refractivity contribution in [3.63, 3.8) is 0 Å². The van der Waals surface area contributed by atoms with E-state index in [9.17, 15) is 5.26 Å². The first-order valence-corrected chi connectivity index (χ1v) is 6.88. The van der Waals surface area contributed by atoms with Gasteiger partial charge in [0.05, 0.1) is 23.5 Å². The summed E-state index contributed by atoms with van der Waals surface area (Å²) in [6.07, 6.45) is 5.53. The Morgan fingerprint density at radius 1 is 1.14 bits per heavy atom. The van der Waals surface area contributed by atoms with E-state index in [0.29, 0.717) is 11.3 Å². The summed E-state index contributed by atoms with van der Waals surface area (Å²) in [7, 11) is 0. The first-order valence-electron chi connectivity index (χ1n) is 6.88. The molecule has 3 heteroatoms. The third-order valence-corrected chi connectivity index (χ3v) is 3.82. The van der Waals surface area contributed by atoms with Crippen molar-refractivity contribution in [3.05, 3.63) is 64.0 Å². The summed E-state index contributed by atoms with van der Waals surface area (Å²) >= 11 is 0. The zero-order valence-electron chi connectivity index (χ0n) is 12.9. The van der Waals surface area contributed by atoms with Gasteiger partial charge in [-0.05, 0) is 61.6 Å². The molecule has 3 nitrogen and oxygen atoms in total. The number of nitrogens with zero attached hydrogens (tertiary/aromatic N) is 2. The zero-order valence-corrected chi connectivity index (χ0v) is 12.9. The predicted molar refractivity (Wildman–Crippen MR) is 86.8 cm³/mol. The minimum Gasteiger partial charge on any atom is -0.397 e. The van der Waals surface area contributed by atoms with Crippen LogP contribution < -0.4 is 5.73 Å². The van der Waals surface area contributed by atoms with Crippen LogP contribution in [0.2, 0.25) is 0 Å². The molecule has 1 aromatic carbocycles. The van der Waals surface area contributed by atoms with Crippen LogP contribution >= 0.6 is 0 Å². The normalized spacial score (nSPS) is 11.3. The molecular formula is C18H19N3. The van der Waals surface area contributed by atoms with E-state index in [1.807, 2.05) is 45.2 Å². The van der Waals surface area contributed by atoms with E-state index in [2.05, 4.69) is 18.0 Å². The average Bonchev–Trinajstić information content (AvgIpc) is 2.46. The Labute approximate surface area is 125 Å². The van der Waals surface area contributed by atoms with Gasteiger partial charge >= 0.3 is 0 Å². The van der Waals surface area contributed by atoms with E-state index in [4.69, 9.17) is 5.73 Å². The van der Waals surface area contributed by atoms with Crippen molar-refractivity contribution < 1.29 is 0 Å². The van der Waals surface area contributed by atoms with Gasteiger partial charge in [-0.1, -0.05) is 12.1 Å². The number of anilines is 1. The Kier molecular flexibility index (Phi) is 4.09. The number of aromatic nitrogens is 1. The average molecular weight is 277 g/mol. The molecule has 2 aromatic rings. The summed E-state index contributed by atoms with van der Waals surface area (Å²) < 4.78 is 0. The van der Waals surface area contributed by atoms with Crippen LogP contribution in [0, 0.1) is 32.1 Å². The third-order valence-electron chi connectivity index (χ3n) is 3.82. The first-order chi connectivity index (χ1) is 9.99. The third kappa shape index (κ3) is 2.66. The molecule has 0 fully saturated rings. The predicted octanol–water partition coefficient (Wildman–Crippen LogP) is 3.91. The number of nitrogen functional groups attached to an aromatic ring is 1. The second-order valence-electron chi connectivity index (χ2n) is 5.20. The number of hydrogen-bond acceptors (Lipinski definition) is 3. The van der Waals surface area contributed by atoms with Crippen LogP contribution in [0.1, 0.15) is 40.3 Å². The van der Waals surface area contributed by atoms with Crippen molar-refractivity contribution in [2.75, 3.05) is 5.73 Å². The zero-order chi connectivity index (χ0) is 15.6. The van der Waals surface area contributed by atoms with Crippen molar-refractivity contribution in [3.8, 4) is 6.07 Å². The lowest BCUT2D eigenvalue weighted by Crippen LogP contribution is -2.00. The molecule has 0 saturated carbocycles. The van der Waals surface area contributed by atoms with E-state index in [-0.39, 0.29) is 0 Å². The number of allylic oxidation sites excluding steroid dienone is 1. The number of aryl methyl sites for hydroxylation is 2. The van der Waals surface area contributed by atoms with Gasteiger partial charge in [-0.2, -0.15) is 5.26 Å². The summed E-state index contributed by atoms with van der Waals surface area (Å²) in [6.45, 7) is 7.99. The Balaban J connectivity index is 2.69. The molecule has 0 aliphatic heterocycles. The standard InChI is InChI=1S/C18H19N3/c1-5-15(17-9-21-10-18(20)13(17)4)16-7-14(8-19)11(2)6-12(16)3/h5-7,9-10H,20H2,1-4H3/b15-5+. The fraction of sp³-hybridized carbons (Fsp3) is 0.222. The van der Waals surface area contributed by atoms with Gasteiger partial charge in [0.2, 0.25) is 0 Å². The van der Waals surface area contributed by atoms with Crippen molar-refractivity contribution in [2.24, 2.45) is 0 Å². The topological polar surface area (TPSA) is 62.7 Å². The van der Waals surface area contributed by atoms with Crippen LogP contribution in [-0.4, -0.2) is 4.98 Å². The summed E-state index contributed by atoms with van der Waals surface area (Å²) in [6, 6.07) is 6.25. The molecule has 0 saturated heterocycles. The van der Waals surface area contributed by atoms with Gasteiger partial charge in [0.25, 0.3) is 0 Å². The van der Waals surface area contributed by atoms with Crippen LogP contribution in [0.25, 0.3) is 5.57 Å². The lowest BCUT2D eigenvalue weighted by Gasteiger charge is -2.15. The quantitative estimate of drug-likeness (QED) is 0.905. The van der Waals surface area contributed by atoms with Gasteiger partial charge in [-0.3, -0.25) is 4.98 Å². The molecule has 0 aliphatic rings. The van der Waals surface area contributed by atoms with E-state index >= 15 is 0 Å². The highest BCUT2D eigenvalue weighted by molar-refractivity contribution is 5.84. The van der Waals surface area contributed by atoms with Gasteiger partial charge in [0, 0.05) is 11.8 Å². The molecule has 2 N–H and O–H groups in total. The maximum absolute atomic E-state index is 9.26. The Bertz CT molecular complexity index is 765. The van der Waals surface area contributed by atoms with Gasteiger partial charge in [0.1, 0.15) is 0 Å². The van der Waals surface area contributed by atoms with Gasteiger partial charge in [-0.25, -0.2) is 0 Å². The molecule has 0 spiro atoms. The number of rotatable bonds is 2. The van der Waals surface area contributed by atoms with Gasteiger partial charge in [0.15, 0.2) is 0 Å². The molecule has 1 aromatic heterocycles. The summed E-state index contributed by atoms with van der Waals surface area (Å²) in [5.74, 6) is 0. The number of nitriles is 1. The lowest BCUT2D eigenvalue weighted by molar-refractivity contribution is 1.25. The number of hydrogen-bond donors (Lipinski definition) is 1. The molecule has 1 heterocycles. The lowest BCUT2D eigenvalue weighted by atomic mass is 9.90. The number of pyridine rings is 1. The van der Waals surface area contributed by atoms with Crippen LogP contribution in [0.5, 0.6) is 0 Å². The highest BCUT2D eigenvalue weighted by Gasteiger charge is 2.13. The number of benzene rings is 1. The van der Waals surface area contributed by atoms with Crippen molar-refractivity contribution in [1.29, 1.82) is 5.26 Å². The fourth-order valence-corrected chi connectivity index (χ4v) is 2.53. The maximum Gasteiger partial charge on any atom is 0.0994 e. The van der Waals surface area contributed by atoms with Crippen molar-refractivity contribution in [1.82, 2.24) is 4.98 Å². The van der Waals surface area contributed by atoms with Crippen molar-refractivity contribution >= 4 is 11.3 Å². The Morgan fingerprint density at radius 3 is 2.48 bits per heavy atom. The summed E-state index contributed by atoms with van der Waals surface area (Å²) in [4.78, 5) is 4.20. The van der Waals surface area contributed by atoms with Crippen LogP contribution in [0.15, 0.2) is 30.6 Å². The first kappa shape index (κ1) is 14.8. The molecule has 0 radical (unpaired) electrons.